The van der Waals surface area contributed by atoms with Crippen molar-refractivity contribution in [3.8, 4) is 11.5 Å². The Balaban J connectivity index is 1.48. The van der Waals surface area contributed by atoms with Crippen LogP contribution in [-0.4, -0.2) is 25.2 Å². The molecule has 0 bridgehead atoms. The molecule has 3 rings (SSSR count). The monoisotopic (exact) mass is 363 g/mol. The van der Waals surface area contributed by atoms with Crippen molar-refractivity contribution in [1.29, 1.82) is 0 Å². The summed E-state index contributed by atoms with van der Waals surface area (Å²) in [6.45, 7) is 6.67. The van der Waals surface area contributed by atoms with E-state index < -0.39 is 6.10 Å². The maximum absolute atomic E-state index is 12.3. The van der Waals surface area contributed by atoms with E-state index >= 15 is 0 Å². The molecule has 140 valence electrons. The number of ether oxygens (including phenoxy) is 2. The zero-order valence-electron chi connectivity index (χ0n) is 16.0. The highest BCUT2D eigenvalue weighted by Crippen LogP contribution is 2.22. The Morgan fingerprint density at radius 2 is 1.78 bits per heavy atom. The first-order valence-electron chi connectivity index (χ1n) is 9.17. The van der Waals surface area contributed by atoms with Crippen LogP contribution in [-0.2, 0) is 4.79 Å². The van der Waals surface area contributed by atoms with Crippen molar-refractivity contribution in [3.05, 3.63) is 71.8 Å². The molecule has 0 spiro atoms. The van der Waals surface area contributed by atoms with Gasteiger partial charge in [-0.05, 0) is 60.9 Å². The highest BCUT2D eigenvalue weighted by Gasteiger charge is 2.14. The predicted molar refractivity (Wildman–Crippen MR) is 108 cm³/mol. The van der Waals surface area contributed by atoms with Crippen LogP contribution in [0.3, 0.4) is 0 Å². The van der Waals surface area contributed by atoms with E-state index in [0.717, 1.165) is 22.1 Å². The number of hydrogen-bond donors (Lipinski definition) is 1. The predicted octanol–water partition coefficient (Wildman–Crippen LogP) is 4.42. The molecule has 0 aliphatic carbocycles. The van der Waals surface area contributed by atoms with Gasteiger partial charge in [-0.3, -0.25) is 4.79 Å². The fraction of sp³-hybridized carbons (Fsp3) is 0.261. The summed E-state index contributed by atoms with van der Waals surface area (Å²) >= 11 is 0. The van der Waals surface area contributed by atoms with Gasteiger partial charge in [0.25, 0.3) is 5.91 Å². The Labute approximate surface area is 160 Å². The van der Waals surface area contributed by atoms with Gasteiger partial charge in [-0.15, -0.1) is 0 Å². The SMILES string of the molecule is Cc1cccc(OCCNC(=O)[C@H](C)Oc2ccc3ccccc3c2)c1C. The smallest absolute Gasteiger partial charge is 0.260 e. The van der Waals surface area contributed by atoms with Crippen LogP contribution in [0.25, 0.3) is 10.8 Å². The number of benzene rings is 3. The van der Waals surface area contributed by atoms with Gasteiger partial charge in [0.1, 0.15) is 18.1 Å². The minimum atomic E-state index is -0.577. The summed E-state index contributed by atoms with van der Waals surface area (Å²) in [4.78, 5) is 12.3. The summed E-state index contributed by atoms with van der Waals surface area (Å²) < 4.78 is 11.5. The summed E-state index contributed by atoms with van der Waals surface area (Å²) in [5.74, 6) is 1.38. The van der Waals surface area contributed by atoms with Crippen molar-refractivity contribution >= 4 is 16.7 Å². The Hall–Kier alpha value is -3.01. The molecule has 1 atom stereocenters. The standard InChI is InChI=1S/C23H25NO3/c1-16-7-6-10-22(17(16)2)26-14-13-24-23(25)18(3)27-21-12-11-19-8-4-5-9-20(19)15-21/h4-12,15,18H,13-14H2,1-3H3,(H,24,25)/t18-/m0/s1. The Bertz CT molecular complexity index is 936. The fourth-order valence-corrected chi connectivity index (χ4v) is 2.86. The lowest BCUT2D eigenvalue weighted by molar-refractivity contribution is -0.127. The Kier molecular flexibility index (Phi) is 5.97. The van der Waals surface area contributed by atoms with Crippen LogP contribution in [0, 0.1) is 13.8 Å². The second-order valence-electron chi connectivity index (χ2n) is 6.61. The molecule has 0 heterocycles. The molecule has 3 aromatic carbocycles. The second-order valence-corrected chi connectivity index (χ2v) is 6.61. The van der Waals surface area contributed by atoms with E-state index in [2.05, 4.69) is 18.3 Å². The quantitative estimate of drug-likeness (QED) is 0.632. The maximum Gasteiger partial charge on any atom is 0.260 e. The van der Waals surface area contributed by atoms with Crippen LogP contribution in [0.5, 0.6) is 11.5 Å². The van der Waals surface area contributed by atoms with Crippen molar-refractivity contribution < 1.29 is 14.3 Å². The van der Waals surface area contributed by atoms with Crippen molar-refractivity contribution in [2.45, 2.75) is 26.9 Å². The number of hydrogen-bond acceptors (Lipinski definition) is 3. The molecule has 0 unspecified atom stereocenters. The molecule has 4 nitrogen and oxygen atoms in total. The number of nitrogens with one attached hydrogen (secondary N) is 1. The minimum absolute atomic E-state index is 0.160. The number of carbonyl (C=O) groups is 1. The van der Waals surface area contributed by atoms with Crippen LogP contribution >= 0.6 is 0 Å². The lowest BCUT2D eigenvalue weighted by atomic mass is 10.1. The molecule has 1 amide bonds. The fourth-order valence-electron chi connectivity index (χ4n) is 2.86. The number of fused-ring (bicyclic) bond motifs is 1. The van der Waals surface area contributed by atoms with Gasteiger partial charge in [0.15, 0.2) is 6.10 Å². The van der Waals surface area contributed by atoms with E-state index in [4.69, 9.17) is 9.47 Å². The number of amides is 1. The van der Waals surface area contributed by atoms with Gasteiger partial charge in [-0.25, -0.2) is 0 Å². The number of aryl methyl sites for hydroxylation is 1. The molecule has 0 aliphatic rings. The van der Waals surface area contributed by atoms with E-state index in [1.54, 1.807) is 6.92 Å². The summed E-state index contributed by atoms with van der Waals surface area (Å²) in [5.41, 5.74) is 2.31. The van der Waals surface area contributed by atoms with Crippen LogP contribution in [0.15, 0.2) is 60.7 Å². The molecule has 1 N–H and O–H groups in total. The third-order valence-electron chi connectivity index (χ3n) is 4.62. The molecule has 0 aliphatic heterocycles. The molecule has 4 heteroatoms. The average Bonchev–Trinajstić information content (AvgIpc) is 2.68. The lowest BCUT2D eigenvalue weighted by Crippen LogP contribution is -2.38. The number of carbonyl (C=O) groups excluding carboxylic acids is 1. The summed E-state index contributed by atoms with van der Waals surface area (Å²) in [7, 11) is 0. The molecule has 0 saturated carbocycles. The molecule has 27 heavy (non-hydrogen) atoms. The van der Waals surface area contributed by atoms with E-state index in [1.165, 1.54) is 5.56 Å². The molecular weight excluding hydrogens is 338 g/mol. The summed E-state index contributed by atoms with van der Waals surface area (Å²) in [6, 6.07) is 19.8. The first kappa shape index (κ1) is 18.8. The summed E-state index contributed by atoms with van der Waals surface area (Å²) in [6.07, 6.45) is -0.577. The number of rotatable bonds is 7. The van der Waals surface area contributed by atoms with Crippen LogP contribution in [0.2, 0.25) is 0 Å². The molecule has 0 fully saturated rings. The van der Waals surface area contributed by atoms with E-state index in [-0.39, 0.29) is 5.91 Å². The van der Waals surface area contributed by atoms with Gasteiger partial charge < -0.3 is 14.8 Å². The third kappa shape index (κ3) is 4.79. The summed E-state index contributed by atoms with van der Waals surface area (Å²) in [5, 5.41) is 5.09. The van der Waals surface area contributed by atoms with Crippen molar-refractivity contribution in [2.75, 3.05) is 13.2 Å². The van der Waals surface area contributed by atoms with E-state index in [1.807, 2.05) is 61.5 Å². The van der Waals surface area contributed by atoms with Gasteiger partial charge in [0, 0.05) is 0 Å². The zero-order chi connectivity index (χ0) is 19.2. The largest absolute Gasteiger partial charge is 0.491 e. The molecule has 3 aromatic rings. The Morgan fingerprint density at radius 3 is 2.59 bits per heavy atom. The zero-order valence-corrected chi connectivity index (χ0v) is 16.0. The first-order chi connectivity index (χ1) is 13.0. The second kappa shape index (κ2) is 8.58. The molecular formula is C23H25NO3. The van der Waals surface area contributed by atoms with Crippen molar-refractivity contribution in [2.24, 2.45) is 0 Å². The first-order valence-corrected chi connectivity index (χ1v) is 9.17. The van der Waals surface area contributed by atoms with Crippen molar-refractivity contribution in [3.63, 3.8) is 0 Å². The molecule has 0 radical (unpaired) electrons. The maximum atomic E-state index is 12.3. The van der Waals surface area contributed by atoms with Crippen LogP contribution < -0.4 is 14.8 Å². The van der Waals surface area contributed by atoms with E-state index in [9.17, 15) is 4.79 Å². The van der Waals surface area contributed by atoms with Crippen molar-refractivity contribution in [1.82, 2.24) is 5.32 Å². The van der Waals surface area contributed by atoms with E-state index in [0.29, 0.717) is 18.9 Å². The highest BCUT2D eigenvalue weighted by atomic mass is 16.5. The topological polar surface area (TPSA) is 47.6 Å². The Morgan fingerprint density at radius 1 is 1.00 bits per heavy atom. The highest BCUT2D eigenvalue weighted by molar-refractivity contribution is 5.84. The molecule has 0 aromatic heterocycles. The van der Waals surface area contributed by atoms with Gasteiger partial charge in [-0.2, -0.15) is 0 Å². The third-order valence-corrected chi connectivity index (χ3v) is 4.62. The van der Waals surface area contributed by atoms with Crippen LogP contribution in [0.4, 0.5) is 0 Å². The normalized spacial score (nSPS) is 11.8. The minimum Gasteiger partial charge on any atom is -0.491 e. The van der Waals surface area contributed by atoms with Gasteiger partial charge in [0.05, 0.1) is 6.54 Å². The van der Waals surface area contributed by atoms with Gasteiger partial charge >= 0.3 is 0 Å². The molecule has 0 saturated heterocycles. The van der Waals surface area contributed by atoms with Gasteiger partial charge in [0.2, 0.25) is 0 Å². The van der Waals surface area contributed by atoms with Crippen LogP contribution in [0.1, 0.15) is 18.1 Å². The average molecular weight is 363 g/mol. The van der Waals surface area contributed by atoms with Gasteiger partial charge in [-0.1, -0.05) is 42.5 Å². The lowest BCUT2D eigenvalue weighted by Gasteiger charge is -2.16.